The van der Waals surface area contributed by atoms with Gasteiger partial charge in [0.1, 0.15) is 14.8 Å². The van der Waals surface area contributed by atoms with Crippen LogP contribution in [-0.2, 0) is 15.5 Å². The molecule has 2 heterocycles. The van der Waals surface area contributed by atoms with Crippen LogP contribution in [0.1, 0.15) is 57.9 Å². The van der Waals surface area contributed by atoms with Gasteiger partial charge in [-0.05, 0) is 50.0 Å². The number of rotatable bonds is 4. The fraction of sp³-hybridized carbons (Fsp3) is 0.650. The summed E-state index contributed by atoms with van der Waals surface area (Å²) in [6, 6.07) is -0.637. The van der Waals surface area contributed by atoms with Crippen LogP contribution in [0.2, 0.25) is 0 Å². The number of aromatic nitrogens is 1. The van der Waals surface area contributed by atoms with Gasteiger partial charge in [-0.15, -0.1) is 15.7 Å². The molecule has 1 aromatic heterocycles. The topological polar surface area (TPSA) is 150 Å². The fourth-order valence-corrected chi connectivity index (χ4v) is 6.78. The number of nitrogens with one attached hydrogen (secondary N) is 1. The molecule has 1 aromatic rings. The predicted octanol–water partition coefficient (Wildman–Crippen LogP) is 2.45. The van der Waals surface area contributed by atoms with E-state index in [1.807, 2.05) is 0 Å². The number of thiazole rings is 1. The van der Waals surface area contributed by atoms with Crippen LogP contribution in [0.5, 0.6) is 0 Å². The van der Waals surface area contributed by atoms with Gasteiger partial charge in [-0.2, -0.15) is 0 Å². The van der Waals surface area contributed by atoms with Crippen molar-refractivity contribution in [2.75, 3.05) is 6.61 Å². The maximum atomic E-state index is 13.0. The lowest BCUT2D eigenvalue weighted by Gasteiger charge is -2.33. The Morgan fingerprint density at radius 2 is 2.23 bits per heavy atom. The molecular weight excluding hydrogens is 438 g/mol. The summed E-state index contributed by atoms with van der Waals surface area (Å²) in [6.45, 7) is 5.25. The zero-order valence-corrected chi connectivity index (χ0v) is 19.6. The van der Waals surface area contributed by atoms with Gasteiger partial charge < -0.3 is 15.5 Å². The molecule has 2 fully saturated rings. The molecule has 1 aliphatic heterocycles. The van der Waals surface area contributed by atoms with Gasteiger partial charge in [-0.25, -0.2) is 19.1 Å². The molecule has 4 rings (SSSR count). The molecule has 4 atom stereocenters. The molecule has 5 N–H and O–H groups in total. The van der Waals surface area contributed by atoms with Crippen LogP contribution in [0.15, 0.2) is 31.0 Å². The molecular formula is C20H29N5O4S2. The number of nitrogens with zero attached hydrogens (tertiary/aromatic N) is 3. The second-order valence-corrected chi connectivity index (χ2v) is 12.5. The lowest BCUT2D eigenvalue weighted by atomic mass is 9.81. The van der Waals surface area contributed by atoms with Crippen LogP contribution in [0, 0.1) is 11.3 Å². The molecule has 11 heteroatoms. The van der Waals surface area contributed by atoms with Gasteiger partial charge in [-0.3, -0.25) is 4.99 Å². The number of hydrogen-bond donors (Lipinski definition) is 4. The van der Waals surface area contributed by atoms with Crippen molar-refractivity contribution < 1.29 is 19.2 Å². The van der Waals surface area contributed by atoms with E-state index in [-0.39, 0.29) is 26.6 Å². The molecule has 0 radical (unpaired) electrons. The largest absolute Gasteiger partial charge is 0.393 e. The molecule has 0 aromatic carbocycles. The third-order valence-corrected chi connectivity index (χ3v) is 9.59. The van der Waals surface area contributed by atoms with Crippen LogP contribution < -0.4 is 10.5 Å². The van der Waals surface area contributed by atoms with E-state index in [4.69, 9.17) is 10.1 Å². The Morgan fingerprint density at radius 1 is 1.48 bits per heavy atom. The fourth-order valence-electron chi connectivity index (χ4n) is 4.68. The Morgan fingerprint density at radius 3 is 2.94 bits per heavy atom. The third kappa shape index (κ3) is 4.09. The second kappa shape index (κ2) is 7.73. The van der Waals surface area contributed by atoms with E-state index in [0.717, 1.165) is 60.4 Å². The second-order valence-electron chi connectivity index (χ2n) is 9.41. The summed E-state index contributed by atoms with van der Waals surface area (Å²) in [5.41, 5.74) is 1.49. The van der Waals surface area contributed by atoms with Crippen molar-refractivity contribution in [3.05, 3.63) is 22.5 Å². The van der Waals surface area contributed by atoms with E-state index < -0.39 is 28.2 Å². The SMILES string of the molecule is CC(O)(CO)c1ncc(S(N)(=O)=NC(=O)NC2=C3CCCC3=NC3C2CCC3(C)C)s1. The van der Waals surface area contributed by atoms with Crippen molar-refractivity contribution in [3.63, 3.8) is 0 Å². The number of dihydropyridines is 1. The van der Waals surface area contributed by atoms with Gasteiger partial charge in [-0.1, -0.05) is 13.8 Å². The van der Waals surface area contributed by atoms with Gasteiger partial charge >= 0.3 is 6.03 Å². The number of carbonyl (C=O) groups excluding carboxylic acids is 1. The number of allylic oxidation sites excluding steroid dienone is 1. The zero-order valence-electron chi connectivity index (χ0n) is 17.9. The monoisotopic (exact) mass is 467 g/mol. The molecule has 0 bridgehead atoms. The van der Waals surface area contributed by atoms with Crippen molar-refractivity contribution in [2.24, 2.45) is 25.8 Å². The van der Waals surface area contributed by atoms with Crippen LogP contribution in [0.3, 0.4) is 0 Å². The highest BCUT2D eigenvalue weighted by Gasteiger charge is 2.47. The minimum absolute atomic E-state index is 0.0585. The Labute approximate surface area is 186 Å². The summed E-state index contributed by atoms with van der Waals surface area (Å²) in [5, 5.41) is 28.4. The average Bonchev–Trinajstić information content (AvgIpc) is 3.41. The molecule has 31 heavy (non-hydrogen) atoms. The van der Waals surface area contributed by atoms with Crippen molar-refractivity contribution in [3.8, 4) is 0 Å². The number of carbonyl (C=O) groups is 1. The molecule has 0 saturated heterocycles. The number of hydrogen-bond acceptors (Lipinski definition) is 7. The highest BCUT2D eigenvalue weighted by molar-refractivity contribution is 7.93. The van der Waals surface area contributed by atoms with E-state index in [0.29, 0.717) is 0 Å². The zero-order chi connectivity index (χ0) is 22.6. The minimum Gasteiger partial charge on any atom is -0.393 e. The Bertz CT molecular complexity index is 1090. The van der Waals surface area contributed by atoms with Crippen molar-refractivity contribution in [1.82, 2.24) is 10.3 Å². The highest BCUT2D eigenvalue weighted by Crippen LogP contribution is 2.50. The molecule has 9 nitrogen and oxygen atoms in total. The summed E-state index contributed by atoms with van der Waals surface area (Å²) < 4.78 is 16.8. The number of aliphatic hydroxyl groups is 2. The van der Waals surface area contributed by atoms with Crippen molar-refractivity contribution in [1.29, 1.82) is 0 Å². The van der Waals surface area contributed by atoms with Gasteiger partial charge in [0.15, 0.2) is 9.92 Å². The van der Waals surface area contributed by atoms with E-state index >= 15 is 0 Å². The summed E-state index contributed by atoms with van der Waals surface area (Å²) in [6.07, 6.45) is 5.96. The maximum absolute atomic E-state index is 13.0. The Kier molecular flexibility index (Phi) is 5.62. The van der Waals surface area contributed by atoms with Gasteiger partial charge in [0.2, 0.25) is 0 Å². The Balaban J connectivity index is 1.61. The molecule has 3 aliphatic rings. The maximum Gasteiger partial charge on any atom is 0.354 e. The molecule has 2 saturated carbocycles. The first-order chi connectivity index (χ1) is 14.4. The number of urea groups is 1. The van der Waals surface area contributed by atoms with Crippen LogP contribution >= 0.6 is 11.3 Å². The van der Waals surface area contributed by atoms with Gasteiger partial charge in [0.25, 0.3) is 0 Å². The minimum atomic E-state index is -3.55. The van der Waals surface area contributed by atoms with E-state index in [1.165, 1.54) is 13.1 Å². The van der Waals surface area contributed by atoms with Crippen molar-refractivity contribution >= 4 is 33.0 Å². The quantitative estimate of drug-likeness (QED) is 0.536. The summed E-state index contributed by atoms with van der Waals surface area (Å²) >= 11 is 0.864. The standard InChI is InChI=1S/C20H29N5O4S2/c1-19(2)8-7-12-15(11-5-4-6-13(11)23-16(12)19)24-18(27)25-31(21,29)14-9-22-17(30-14)20(3,28)10-26/h9,12,16,26,28H,4-8,10H2,1-3H3,(H3,21,24,25,27,29). The van der Waals surface area contributed by atoms with Crippen LogP contribution in [-0.4, -0.2) is 43.8 Å². The molecule has 2 aliphatic carbocycles. The van der Waals surface area contributed by atoms with Crippen molar-refractivity contribution in [2.45, 2.75) is 68.7 Å². The third-order valence-electron chi connectivity index (χ3n) is 6.46. The van der Waals surface area contributed by atoms with E-state index in [2.05, 4.69) is 28.5 Å². The smallest absolute Gasteiger partial charge is 0.354 e. The molecule has 0 spiro atoms. The average molecular weight is 468 g/mol. The number of nitrogens with two attached hydrogens (primary N) is 1. The lowest BCUT2D eigenvalue weighted by Crippen LogP contribution is -2.38. The molecule has 170 valence electrons. The summed E-state index contributed by atoms with van der Waals surface area (Å²) in [4.78, 5) is 21.8. The molecule has 2 amide bonds. The van der Waals surface area contributed by atoms with Gasteiger partial charge in [0, 0.05) is 17.3 Å². The highest BCUT2D eigenvalue weighted by atomic mass is 32.2. The van der Waals surface area contributed by atoms with Crippen LogP contribution in [0.4, 0.5) is 4.79 Å². The number of amides is 2. The lowest BCUT2D eigenvalue weighted by molar-refractivity contribution is -0.00244. The first-order valence-electron chi connectivity index (χ1n) is 10.4. The number of fused-ring (bicyclic) bond motifs is 2. The number of aliphatic imine (C=N–C) groups is 1. The first kappa shape index (κ1) is 22.5. The Hall–Kier alpha value is -1.66. The molecule has 4 unspecified atom stereocenters. The van der Waals surface area contributed by atoms with E-state index in [9.17, 15) is 19.2 Å². The van der Waals surface area contributed by atoms with Crippen LogP contribution in [0.25, 0.3) is 0 Å². The normalized spacial score (nSPS) is 28.3. The van der Waals surface area contributed by atoms with E-state index in [1.54, 1.807) is 0 Å². The van der Waals surface area contributed by atoms with Gasteiger partial charge in [0.05, 0.1) is 18.8 Å². The predicted molar refractivity (Wildman–Crippen MR) is 119 cm³/mol. The summed E-state index contributed by atoms with van der Waals surface area (Å²) in [7, 11) is -3.55. The first-order valence-corrected chi connectivity index (χ1v) is 12.8. The summed E-state index contributed by atoms with van der Waals surface area (Å²) in [5.74, 6) is 0.120. The number of aliphatic hydroxyl groups excluding tert-OH is 1.